The highest BCUT2D eigenvalue weighted by Crippen LogP contribution is 2.43. The van der Waals surface area contributed by atoms with Gasteiger partial charge in [-0.05, 0) is 80.5 Å². The van der Waals surface area contributed by atoms with Crippen LogP contribution in [0.15, 0.2) is 54.7 Å². The number of rotatable bonds is 7. The number of aromatic hydroxyl groups is 1. The molecule has 0 saturated carbocycles. The maximum absolute atomic E-state index is 9.85. The number of ether oxygens (including phenoxy) is 1. The van der Waals surface area contributed by atoms with E-state index in [0.717, 1.165) is 57.2 Å². The molecule has 2 fully saturated rings. The monoisotopic (exact) mass is 491 g/mol. The van der Waals surface area contributed by atoms with E-state index < -0.39 is 0 Å². The minimum absolute atomic E-state index is 0.0545. The van der Waals surface area contributed by atoms with Crippen LogP contribution in [-0.4, -0.2) is 57.5 Å². The van der Waals surface area contributed by atoms with Crippen molar-refractivity contribution in [2.24, 2.45) is 0 Å². The Hall–Kier alpha value is -2.94. The van der Waals surface area contributed by atoms with Gasteiger partial charge in [-0.15, -0.1) is 0 Å². The summed E-state index contributed by atoms with van der Waals surface area (Å²) in [6.07, 6.45) is 2.93. The minimum Gasteiger partial charge on any atom is -0.508 e. The summed E-state index contributed by atoms with van der Waals surface area (Å²) in [7, 11) is 0. The first-order valence-corrected chi connectivity index (χ1v) is 12.7. The van der Waals surface area contributed by atoms with Gasteiger partial charge in [0.25, 0.3) is 0 Å². The zero-order chi connectivity index (χ0) is 24.4. The zero-order valence-corrected chi connectivity index (χ0v) is 21.2. The van der Waals surface area contributed by atoms with Gasteiger partial charge in [0, 0.05) is 49.5 Å². The molecule has 2 saturated heterocycles. The molecule has 184 valence electrons. The predicted octanol–water partition coefficient (Wildman–Crippen LogP) is 4.10. The number of pyridine rings is 1. The molecule has 0 spiro atoms. The third-order valence-corrected chi connectivity index (χ3v) is 7.43. The van der Waals surface area contributed by atoms with E-state index in [4.69, 9.17) is 17.0 Å². The van der Waals surface area contributed by atoms with Crippen LogP contribution in [0.25, 0.3) is 0 Å². The number of phenolic OH excluding ortho intramolecular Hbond substituents is 1. The molecule has 0 amide bonds. The van der Waals surface area contributed by atoms with Gasteiger partial charge in [0.15, 0.2) is 5.11 Å². The summed E-state index contributed by atoms with van der Waals surface area (Å²) in [6.45, 7) is 10.2. The average Bonchev–Trinajstić information content (AvgIpc) is 3.36. The lowest BCUT2D eigenvalue weighted by atomic mass is 9.96. The highest BCUT2D eigenvalue weighted by molar-refractivity contribution is 7.80. The quantitative estimate of drug-likeness (QED) is 0.482. The van der Waals surface area contributed by atoms with E-state index in [9.17, 15) is 5.11 Å². The average molecular weight is 492 g/mol. The van der Waals surface area contributed by atoms with Crippen molar-refractivity contribution in [2.45, 2.75) is 38.9 Å². The summed E-state index contributed by atoms with van der Waals surface area (Å²) in [5.41, 5.74) is 5.65. The van der Waals surface area contributed by atoms with E-state index in [2.05, 4.69) is 50.6 Å². The van der Waals surface area contributed by atoms with Crippen LogP contribution in [0.2, 0.25) is 0 Å². The summed E-state index contributed by atoms with van der Waals surface area (Å²) in [4.78, 5) is 9.31. The van der Waals surface area contributed by atoms with Crippen molar-refractivity contribution in [3.05, 3.63) is 77.4 Å². The molecule has 3 aromatic rings. The predicted molar refractivity (Wildman–Crippen MR) is 142 cm³/mol. The van der Waals surface area contributed by atoms with Crippen molar-refractivity contribution in [3.8, 4) is 5.75 Å². The molecule has 2 aromatic heterocycles. The van der Waals surface area contributed by atoms with Crippen LogP contribution in [0.3, 0.4) is 0 Å². The SMILES string of the molecule is Cc1cc(C2C(c3ccccn3)NC(=S)N2c2ccc(O)cc2)c(C)n1CCCN1CCOCC1. The van der Waals surface area contributed by atoms with Gasteiger partial charge in [0.1, 0.15) is 5.75 Å². The van der Waals surface area contributed by atoms with Gasteiger partial charge in [0.2, 0.25) is 0 Å². The highest BCUT2D eigenvalue weighted by Gasteiger charge is 2.42. The Morgan fingerprint density at radius 2 is 1.86 bits per heavy atom. The van der Waals surface area contributed by atoms with Crippen LogP contribution in [0.4, 0.5) is 5.69 Å². The number of aryl methyl sites for hydroxylation is 1. The summed E-state index contributed by atoms with van der Waals surface area (Å²) >= 11 is 5.84. The Morgan fingerprint density at radius 3 is 2.57 bits per heavy atom. The van der Waals surface area contributed by atoms with E-state index in [0.29, 0.717) is 5.11 Å². The van der Waals surface area contributed by atoms with Crippen LogP contribution in [0.1, 0.15) is 41.1 Å². The number of nitrogens with zero attached hydrogens (tertiary/aromatic N) is 4. The number of nitrogens with one attached hydrogen (secondary N) is 1. The Labute approximate surface area is 212 Å². The van der Waals surface area contributed by atoms with Gasteiger partial charge in [-0.2, -0.15) is 0 Å². The molecule has 0 bridgehead atoms. The lowest BCUT2D eigenvalue weighted by molar-refractivity contribution is 0.0369. The Bertz CT molecular complexity index is 1160. The van der Waals surface area contributed by atoms with Crippen LogP contribution in [-0.2, 0) is 11.3 Å². The van der Waals surface area contributed by atoms with Crippen molar-refractivity contribution in [2.75, 3.05) is 37.7 Å². The molecule has 4 heterocycles. The van der Waals surface area contributed by atoms with E-state index >= 15 is 0 Å². The third-order valence-electron chi connectivity index (χ3n) is 7.12. The van der Waals surface area contributed by atoms with Crippen LogP contribution in [0.5, 0.6) is 5.75 Å². The molecule has 5 rings (SSSR count). The molecule has 2 aliphatic rings. The van der Waals surface area contributed by atoms with Crippen molar-refractivity contribution in [1.29, 1.82) is 0 Å². The molecule has 1 aromatic carbocycles. The van der Waals surface area contributed by atoms with E-state index in [1.165, 1.54) is 17.0 Å². The molecule has 2 aliphatic heterocycles. The molecule has 2 atom stereocenters. The first kappa shape index (κ1) is 23.8. The van der Waals surface area contributed by atoms with E-state index in [-0.39, 0.29) is 17.8 Å². The van der Waals surface area contributed by atoms with E-state index in [1.807, 2.05) is 30.5 Å². The fourth-order valence-electron chi connectivity index (χ4n) is 5.31. The molecular formula is C27H33N5O2S. The summed E-state index contributed by atoms with van der Waals surface area (Å²) < 4.78 is 7.92. The van der Waals surface area contributed by atoms with Crippen molar-refractivity contribution < 1.29 is 9.84 Å². The first-order chi connectivity index (χ1) is 17.0. The highest BCUT2D eigenvalue weighted by atomic mass is 32.1. The Kier molecular flexibility index (Phi) is 7.04. The maximum atomic E-state index is 9.85. The van der Waals surface area contributed by atoms with Crippen LogP contribution < -0.4 is 10.2 Å². The number of benzene rings is 1. The van der Waals surface area contributed by atoms with Gasteiger partial charge in [-0.1, -0.05) is 6.07 Å². The van der Waals surface area contributed by atoms with E-state index in [1.54, 1.807) is 12.1 Å². The van der Waals surface area contributed by atoms with Crippen molar-refractivity contribution >= 4 is 23.0 Å². The number of anilines is 1. The zero-order valence-electron chi connectivity index (χ0n) is 20.4. The van der Waals surface area contributed by atoms with Gasteiger partial charge < -0.3 is 24.6 Å². The van der Waals surface area contributed by atoms with Crippen molar-refractivity contribution in [3.63, 3.8) is 0 Å². The van der Waals surface area contributed by atoms with Gasteiger partial charge in [-0.3, -0.25) is 9.88 Å². The largest absolute Gasteiger partial charge is 0.508 e. The van der Waals surface area contributed by atoms with Crippen molar-refractivity contribution in [1.82, 2.24) is 19.8 Å². The summed E-state index contributed by atoms with van der Waals surface area (Å²) in [6, 6.07) is 15.4. The van der Waals surface area contributed by atoms with Gasteiger partial charge >= 0.3 is 0 Å². The number of hydrogen-bond acceptors (Lipinski definition) is 5. The second-order valence-corrected chi connectivity index (χ2v) is 9.69. The lowest BCUT2D eigenvalue weighted by Crippen LogP contribution is -2.37. The fraction of sp³-hybridized carbons (Fsp3) is 0.407. The number of hydrogen-bond donors (Lipinski definition) is 2. The molecule has 35 heavy (non-hydrogen) atoms. The summed E-state index contributed by atoms with van der Waals surface area (Å²) in [5, 5.41) is 14.0. The molecule has 2 N–H and O–H groups in total. The Balaban J connectivity index is 1.46. The molecule has 0 aliphatic carbocycles. The Morgan fingerprint density at radius 1 is 1.09 bits per heavy atom. The number of morpholine rings is 1. The second kappa shape index (κ2) is 10.4. The fourth-order valence-corrected chi connectivity index (χ4v) is 5.66. The second-order valence-electron chi connectivity index (χ2n) is 9.30. The molecular weight excluding hydrogens is 458 g/mol. The lowest BCUT2D eigenvalue weighted by Gasteiger charge is -2.28. The first-order valence-electron chi connectivity index (χ1n) is 12.3. The van der Waals surface area contributed by atoms with Gasteiger partial charge in [-0.25, -0.2) is 0 Å². The number of phenols is 1. The summed E-state index contributed by atoms with van der Waals surface area (Å²) in [5.74, 6) is 0.239. The number of aromatic nitrogens is 2. The molecule has 7 nitrogen and oxygen atoms in total. The topological polar surface area (TPSA) is 65.8 Å². The standard InChI is InChI=1S/C27H33N5O2S/c1-19-18-23(20(2)31(19)13-5-12-30-14-16-34-17-15-30)26-25(24-6-3-4-11-28-24)29-27(35)32(26)21-7-9-22(33)10-8-21/h3-4,6-11,18,25-26,33H,5,12-17H2,1-2H3,(H,29,35). The smallest absolute Gasteiger partial charge is 0.174 e. The number of thiocarbonyl (C=S) groups is 1. The maximum Gasteiger partial charge on any atom is 0.174 e. The molecule has 0 radical (unpaired) electrons. The van der Waals surface area contributed by atoms with Crippen LogP contribution in [0, 0.1) is 13.8 Å². The molecule has 8 heteroatoms. The van der Waals surface area contributed by atoms with Gasteiger partial charge in [0.05, 0.1) is 31.0 Å². The minimum atomic E-state index is -0.0835. The normalized spacial score (nSPS) is 20.9. The van der Waals surface area contributed by atoms with Crippen LogP contribution >= 0.6 is 12.2 Å². The third kappa shape index (κ3) is 4.91. The molecule has 2 unspecified atom stereocenters.